The van der Waals surface area contributed by atoms with E-state index in [1.54, 1.807) is 16.8 Å². The summed E-state index contributed by atoms with van der Waals surface area (Å²) in [6.07, 6.45) is 2.01. The summed E-state index contributed by atoms with van der Waals surface area (Å²) in [6, 6.07) is 0. The molecule has 5 heteroatoms. The van der Waals surface area contributed by atoms with Gasteiger partial charge in [-0.05, 0) is 20.8 Å². The summed E-state index contributed by atoms with van der Waals surface area (Å²) >= 11 is 1.60. The highest BCUT2D eigenvalue weighted by molar-refractivity contribution is 7.09. The highest BCUT2D eigenvalue weighted by atomic mass is 32.1. The van der Waals surface area contributed by atoms with Crippen LogP contribution >= 0.6 is 11.3 Å². The second-order valence-electron chi connectivity index (χ2n) is 4.70. The van der Waals surface area contributed by atoms with Crippen LogP contribution in [0.2, 0.25) is 0 Å². The van der Waals surface area contributed by atoms with Crippen LogP contribution in [0.25, 0.3) is 0 Å². The predicted octanol–water partition coefficient (Wildman–Crippen LogP) is 2.22. The molecule has 0 radical (unpaired) electrons. The molecule has 1 rings (SSSR count). The summed E-state index contributed by atoms with van der Waals surface area (Å²) in [5.41, 5.74) is 1.77. The fraction of sp³-hybridized carbons (Fsp3) is 0.636. The van der Waals surface area contributed by atoms with Gasteiger partial charge in [0.25, 0.3) is 0 Å². The average Bonchev–Trinajstić information content (AvgIpc) is 2.62. The van der Waals surface area contributed by atoms with Gasteiger partial charge in [0.05, 0.1) is 11.9 Å². The Morgan fingerprint density at radius 1 is 1.56 bits per heavy atom. The van der Waals surface area contributed by atoms with Crippen LogP contribution < -0.4 is 0 Å². The number of rotatable bonds is 5. The molecule has 1 heterocycles. The van der Waals surface area contributed by atoms with Crippen LogP contribution in [0.3, 0.4) is 0 Å². The monoisotopic (exact) mass is 242 g/mol. The van der Waals surface area contributed by atoms with Crippen LogP contribution in [-0.4, -0.2) is 33.0 Å². The molecule has 4 nitrogen and oxygen atoms in total. The van der Waals surface area contributed by atoms with E-state index in [0.717, 1.165) is 6.54 Å². The number of carbonyl (C=O) groups is 1. The topological polar surface area (TPSA) is 53.4 Å². The summed E-state index contributed by atoms with van der Waals surface area (Å²) < 4.78 is 0. The van der Waals surface area contributed by atoms with Crippen LogP contribution in [0, 0.1) is 0 Å². The molecule has 0 aliphatic rings. The molecule has 0 aliphatic carbocycles. The zero-order chi connectivity index (χ0) is 12.2. The molecule has 0 unspecified atom stereocenters. The van der Waals surface area contributed by atoms with E-state index in [2.05, 4.69) is 30.7 Å². The summed E-state index contributed by atoms with van der Waals surface area (Å²) in [4.78, 5) is 18.0. The maximum absolute atomic E-state index is 10.6. The third-order valence-corrected chi connectivity index (χ3v) is 3.14. The van der Waals surface area contributed by atoms with Crippen molar-refractivity contribution in [1.29, 1.82) is 0 Å². The highest BCUT2D eigenvalue weighted by Gasteiger charge is 2.22. The normalized spacial score (nSPS) is 12.0. The van der Waals surface area contributed by atoms with Crippen LogP contribution in [0.5, 0.6) is 0 Å². The minimum atomic E-state index is -0.751. The second-order valence-corrected chi connectivity index (χ2v) is 5.67. The number of carboxylic acids is 1. The minimum Gasteiger partial charge on any atom is -0.481 e. The van der Waals surface area contributed by atoms with Crippen LogP contribution in [-0.2, 0) is 11.3 Å². The Morgan fingerprint density at radius 2 is 2.25 bits per heavy atom. The zero-order valence-electron chi connectivity index (χ0n) is 9.93. The van der Waals surface area contributed by atoms with Gasteiger partial charge in [0, 0.05) is 29.7 Å². The van der Waals surface area contributed by atoms with Crippen molar-refractivity contribution in [3.05, 3.63) is 16.6 Å². The molecule has 16 heavy (non-hydrogen) atoms. The van der Waals surface area contributed by atoms with E-state index in [-0.39, 0.29) is 12.0 Å². The lowest BCUT2D eigenvalue weighted by Crippen LogP contribution is -2.41. The number of thiazole rings is 1. The molecule has 0 bridgehead atoms. The number of nitrogens with zero attached hydrogens (tertiary/aromatic N) is 2. The van der Waals surface area contributed by atoms with Crippen molar-refractivity contribution in [3.8, 4) is 0 Å². The van der Waals surface area contributed by atoms with E-state index in [0.29, 0.717) is 6.54 Å². The van der Waals surface area contributed by atoms with Gasteiger partial charge in [-0.2, -0.15) is 0 Å². The van der Waals surface area contributed by atoms with Crippen molar-refractivity contribution in [2.75, 3.05) is 6.54 Å². The van der Waals surface area contributed by atoms with Crippen LogP contribution in [0.4, 0.5) is 0 Å². The summed E-state index contributed by atoms with van der Waals surface area (Å²) in [5.74, 6) is -0.751. The Labute approximate surface area is 99.9 Å². The highest BCUT2D eigenvalue weighted by Crippen LogP contribution is 2.19. The summed E-state index contributed by atoms with van der Waals surface area (Å²) in [5, 5.41) is 8.72. The predicted molar refractivity (Wildman–Crippen MR) is 64.5 cm³/mol. The second kappa shape index (κ2) is 5.41. The molecule has 0 saturated carbocycles. The first kappa shape index (κ1) is 13.1. The number of hydrogen-bond acceptors (Lipinski definition) is 4. The van der Waals surface area contributed by atoms with E-state index in [9.17, 15) is 4.79 Å². The van der Waals surface area contributed by atoms with E-state index in [4.69, 9.17) is 5.11 Å². The number of aromatic nitrogens is 1. The van der Waals surface area contributed by atoms with Gasteiger partial charge in [-0.15, -0.1) is 11.3 Å². The van der Waals surface area contributed by atoms with Crippen LogP contribution in [0.15, 0.2) is 11.7 Å². The molecular weight excluding hydrogens is 224 g/mol. The van der Waals surface area contributed by atoms with Crippen molar-refractivity contribution in [2.24, 2.45) is 0 Å². The fourth-order valence-corrected chi connectivity index (χ4v) is 2.00. The summed E-state index contributed by atoms with van der Waals surface area (Å²) in [6.45, 7) is 7.61. The summed E-state index contributed by atoms with van der Waals surface area (Å²) in [7, 11) is 0. The van der Waals surface area contributed by atoms with E-state index in [1.165, 1.54) is 4.88 Å². The van der Waals surface area contributed by atoms with Gasteiger partial charge < -0.3 is 5.11 Å². The van der Waals surface area contributed by atoms with E-state index in [1.807, 2.05) is 6.20 Å². The smallest absolute Gasteiger partial charge is 0.304 e. The lowest BCUT2D eigenvalue weighted by molar-refractivity contribution is -0.137. The lowest BCUT2D eigenvalue weighted by atomic mass is 10.1. The molecule has 0 aliphatic heterocycles. The molecule has 0 aromatic carbocycles. The Morgan fingerprint density at radius 3 is 2.69 bits per heavy atom. The first-order valence-electron chi connectivity index (χ1n) is 5.24. The van der Waals surface area contributed by atoms with Gasteiger partial charge >= 0.3 is 5.97 Å². The first-order chi connectivity index (χ1) is 7.39. The molecule has 0 spiro atoms. The third-order valence-electron chi connectivity index (χ3n) is 2.37. The van der Waals surface area contributed by atoms with Crippen molar-refractivity contribution in [2.45, 2.75) is 39.3 Å². The van der Waals surface area contributed by atoms with Crippen molar-refractivity contribution >= 4 is 17.3 Å². The Bertz CT molecular complexity index is 330. The Hall–Kier alpha value is -0.940. The van der Waals surface area contributed by atoms with Crippen molar-refractivity contribution < 1.29 is 9.90 Å². The molecule has 90 valence electrons. The third kappa shape index (κ3) is 4.28. The van der Waals surface area contributed by atoms with Crippen molar-refractivity contribution in [1.82, 2.24) is 9.88 Å². The zero-order valence-corrected chi connectivity index (χ0v) is 10.8. The Kier molecular flexibility index (Phi) is 4.44. The minimum absolute atomic E-state index is 0.0283. The van der Waals surface area contributed by atoms with Gasteiger partial charge in [0.1, 0.15) is 0 Å². The Balaban J connectivity index is 2.61. The molecular formula is C11H18N2O2S. The number of aliphatic carboxylic acids is 1. The molecule has 0 fully saturated rings. The van der Waals surface area contributed by atoms with Gasteiger partial charge in [-0.1, -0.05) is 0 Å². The van der Waals surface area contributed by atoms with Gasteiger partial charge in [0.2, 0.25) is 0 Å². The molecule has 0 atom stereocenters. The molecule has 1 aromatic heterocycles. The molecule has 1 N–H and O–H groups in total. The average molecular weight is 242 g/mol. The molecule has 0 saturated heterocycles. The number of hydrogen-bond donors (Lipinski definition) is 1. The van der Waals surface area contributed by atoms with E-state index >= 15 is 0 Å². The standard InChI is InChI=1S/C11H18N2O2S/c1-11(2,3)13(5-4-10(14)15)7-9-6-12-8-16-9/h6,8H,4-5,7H2,1-3H3,(H,14,15). The maximum Gasteiger partial charge on any atom is 0.304 e. The van der Waals surface area contributed by atoms with Crippen LogP contribution in [0.1, 0.15) is 32.1 Å². The lowest BCUT2D eigenvalue weighted by Gasteiger charge is -2.34. The van der Waals surface area contributed by atoms with Gasteiger partial charge in [-0.3, -0.25) is 14.7 Å². The van der Waals surface area contributed by atoms with E-state index < -0.39 is 5.97 Å². The van der Waals surface area contributed by atoms with Crippen molar-refractivity contribution in [3.63, 3.8) is 0 Å². The fourth-order valence-electron chi connectivity index (χ4n) is 1.39. The van der Waals surface area contributed by atoms with Gasteiger partial charge in [0.15, 0.2) is 0 Å². The number of carboxylic acid groups (broad SMARTS) is 1. The quantitative estimate of drug-likeness (QED) is 0.860. The molecule has 0 amide bonds. The first-order valence-corrected chi connectivity index (χ1v) is 6.12. The SMILES string of the molecule is CC(C)(C)N(CCC(=O)O)Cc1cncs1. The molecule has 1 aromatic rings. The van der Waals surface area contributed by atoms with Gasteiger partial charge in [-0.25, -0.2) is 0 Å². The largest absolute Gasteiger partial charge is 0.481 e. The maximum atomic E-state index is 10.6.